The van der Waals surface area contributed by atoms with Gasteiger partial charge in [0.25, 0.3) is 0 Å². The molecule has 0 fully saturated rings. The molecule has 134 valence electrons. The van der Waals surface area contributed by atoms with Crippen LogP contribution in [0, 0.1) is 5.41 Å². The number of aromatic nitrogens is 2. The smallest absolute Gasteiger partial charge is 0.173 e. The SMILES string of the molecule is CN(C)C(=N)c1ccc(-n2cnc(CCC(=O)c3ccc(Cl)s3)c2)cc1. The number of thiophene rings is 1. The molecular weight excluding hydrogens is 368 g/mol. The lowest BCUT2D eigenvalue weighted by Crippen LogP contribution is -2.21. The van der Waals surface area contributed by atoms with Gasteiger partial charge in [0, 0.05) is 38.0 Å². The van der Waals surface area contributed by atoms with Crippen LogP contribution in [0.4, 0.5) is 0 Å². The molecule has 5 nitrogen and oxygen atoms in total. The van der Waals surface area contributed by atoms with E-state index in [0.717, 1.165) is 16.9 Å². The fraction of sp³-hybridized carbons (Fsp3) is 0.211. The normalized spacial score (nSPS) is 10.7. The highest BCUT2D eigenvalue weighted by Crippen LogP contribution is 2.23. The maximum Gasteiger partial charge on any atom is 0.173 e. The van der Waals surface area contributed by atoms with Gasteiger partial charge in [-0.2, -0.15) is 0 Å². The molecule has 0 atom stereocenters. The minimum atomic E-state index is 0.0861. The highest BCUT2D eigenvalue weighted by atomic mass is 35.5. The average Bonchev–Trinajstić information content (AvgIpc) is 3.28. The Balaban J connectivity index is 1.64. The number of aryl methyl sites for hydroxylation is 1. The van der Waals surface area contributed by atoms with Gasteiger partial charge < -0.3 is 9.47 Å². The molecule has 0 bridgehead atoms. The summed E-state index contributed by atoms with van der Waals surface area (Å²) in [4.78, 5) is 19.0. The van der Waals surface area contributed by atoms with E-state index in [0.29, 0.717) is 27.9 Å². The number of ketones is 1. The molecule has 1 aromatic carbocycles. The van der Waals surface area contributed by atoms with E-state index in [9.17, 15) is 4.79 Å². The first-order chi connectivity index (χ1) is 12.4. The minimum Gasteiger partial charge on any atom is -0.363 e. The fourth-order valence-corrected chi connectivity index (χ4v) is 3.52. The molecular formula is C19H19ClN4OS. The zero-order chi connectivity index (χ0) is 18.7. The Morgan fingerprint density at radius 2 is 1.96 bits per heavy atom. The predicted molar refractivity (Wildman–Crippen MR) is 106 cm³/mol. The predicted octanol–water partition coefficient (Wildman–Crippen LogP) is 4.29. The van der Waals surface area contributed by atoms with Crippen LogP contribution in [0.1, 0.15) is 27.3 Å². The summed E-state index contributed by atoms with van der Waals surface area (Å²) in [5, 5.41) is 8.00. The Morgan fingerprint density at radius 3 is 2.58 bits per heavy atom. The first-order valence-electron chi connectivity index (χ1n) is 8.12. The van der Waals surface area contributed by atoms with E-state index in [2.05, 4.69) is 4.98 Å². The third kappa shape index (κ3) is 4.20. The number of benzene rings is 1. The summed E-state index contributed by atoms with van der Waals surface area (Å²) in [5.74, 6) is 0.554. The third-order valence-corrected chi connectivity index (χ3v) is 5.25. The number of Topliss-reactive ketones (excluding diaryl/α,β-unsaturated/α-hetero) is 1. The van der Waals surface area contributed by atoms with Gasteiger partial charge in [-0.15, -0.1) is 11.3 Å². The van der Waals surface area contributed by atoms with Crippen molar-refractivity contribution in [3.8, 4) is 5.69 Å². The molecule has 26 heavy (non-hydrogen) atoms. The van der Waals surface area contributed by atoms with Crippen molar-refractivity contribution >= 4 is 34.6 Å². The van der Waals surface area contributed by atoms with Gasteiger partial charge in [0.15, 0.2) is 5.78 Å². The Labute approximate surface area is 161 Å². The molecule has 0 unspecified atom stereocenters. The highest BCUT2D eigenvalue weighted by molar-refractivity contribution is 7.18. The maximum absolute atomic E-state index is 12.2. The van der Waals surface area contributed by atoms with Gasteiger partial charge in [-0.1, -0.05) is 11.6 Å². The molecule has 2 aromatic heterocycles. The summed E-state index contributed by atoms with van der Waals surface area (Å²) in [5.41, 5.74) is 2.70. The molecule has 2 heterocycles. The topological polar surface area (TPSA) is 62.0 Å². The average molecular weight is 387 g/mol. The number of halogens is 1. The Morgan fingerprint density at radius 1 is 1.23 bits per heavy atom. The Hall–Kier alpha value is -2.44. The van der Waals surface area contributed by atoms with Crippen molar-refractivity contribution in [3.63, 3.8) is 0 Å². The standard InChI is InChI=1S/C19H19ClN4OS/c1-23(2)19(21)13-3-6-15(7-4-13)24-11-14(22-12-24)5-8-16(25)17-9-10-18(20)26-17/h3-4,6-7,9-12,21H,5,8H2,1-2H3. The van der Waals surface area contributed by atoms with Crippen LogP contribution in [-0.2, 0) is 6.42 Å². The number of hydrogen-bond donors (Lipinski definition) is 1. The quantitative estimate of drug-likeness (QED) is 0.390. The van der Waals surface area contributed by atoms with Crippen molar-refractivity contribution in [1.29, 1.82) is 5.41 Å². The molecule has 1 N–H and O–H groups in total. The van der Waals surface area contributed by atoms with Crippen molar-refractivity contribution in [2.24, 2.45) is 0 Å². The summed E-state index contributed by atoms with van der Waals surface area (Å²) < 4.78 is 2.55. The molecule has 3 rings (SSSR count). The van der Waals surface area contributed by atoms with Crippen molar-refractivity contribution in [1.82, 2.24) is 14.5 Å². The minimum absolute atomic E-state index is 0.0861. The van der Waals surface area contributed by atoms with Crippen LogP contribution < -0.4 is 0 Å². The fourth-order valence-electron chi connectivity index (χ4n) is 2.51. The van der Waals surface area contributed by atoms with E-state index in [1.807, 2.05) is 49.1 Å². The number of nitrogens with one attached hydrogen (secondary N) is 1. The Kier molecular flexibility index (Phi) is 5.54. The van der Waals surface area contributed by atoms with Crippen LogP contribution in [0.25, 0.3) is 5.69 Å². The van der Waals surface area contributed by atoms with Crippen LogP contribution in [0.15, 0.2) is 48.9 Å². The lowest BCUT2D eigenvalue weighted by atomic mass is 10.1. The first kappa shape index (κ1) is 18.4. The maximum atomic E-state index is 12.2. The molecule has 7 heteroatoms. The summed E-state index contributed by atoms with van der Waals surface area (Å²) in [6.45, 7) is 0. The number of carbonyl (C=O) groups excluding carboxylic acids is 1. The Bertz CT molecular complexity index is 927. The van der Waals surface area contributed by atoms with Crippen LogP contribution >= 0.6 is 22.9 Å². The molecule has 3 aromatic rings. The number of amidine groups is 1. The van der Waals surface area contributed by atoms with E-state index in [-0.39, 0.29) is 5.78 Å². The van der Waals surface area contributed by atoms with Crippen LogP contribution in [0.5, 0.6) is 0 Å². The van der Waals surface area contributed by atoms with Gasteiger partial charge in [0.05, 0.1) is 21.2 Å². The van der Waals surface area contributed by atoms with Crippen LogP contribution in [-0.4, -0.2) is 40.2 Å². The molecule has 0 amide bonds. The van der Waals surface area contributed by atoms with Gasteiger partial charge in [-0.3, -0.25) is 10.2 Å². The van der Waals surface area contributed by atoms with E-state index >= 15 is 0 Å². The summed E-state index contributed by atoms with van der Waals surface area (Å²) >= 11 is 7.18. The summed E-state index contributed by atoms with van der Waals surface area (Å²) in [6, 6.07) is 11.3. The van der Waals surface area contributed by atoms with Crippen LogP contribution in [0.3, 0.4) is 0 Å². The molecule has 0 radical (unpaired) electrons. The second kappa shape index (κ2) is 7.85. The van der Waals surface area contributed by atoms with Gasteiger partial charge in [-0.25, -0.2) is 4.98 Å². The second-order valence-electron chi connectivity index (χ2n) is 6.09. The van der Waals surface area contributed by atoms with E-state index in [1.165, 1.54) is 11.3 Å². The van der Waals surface area contributed by atoms with Gasteiger partial charge in [-0.05, 0) is 42.8 Å². The largest absolute Gasteiger partial charge is 0.363 e. The highest BCUT2D eigenvalue weighted by Gasteiger charge is 2.10. The van der Waals surface area contributed by atoms with Gasteiger partial charge in [0.1, 0.15) is 5.84 Å². The molecule has 0 aliphatic rings. The van der Waals surface area contributed by atoms with Crippen molar-refractivity contribution in [2.75, 3.05) is 14.1 Å². The number of carbonyl (C=O) groups is 1. The number of rotatable bonds is 6. The number of hydrogen-bond acceptors (Lipinski definition) is 4. The third-order valence-electron chi connectivity index (χ3n) is 3.98. The van der Waals surface area contributed by atoms with Crippen molar-refractivity contribution in [2.45, 2.75) is 12.8 Å². The zero-order valence-corrected chi connectivity index (χ0v) is 16.1. The van der Waals surface area contributed by atoms with Crippen molar-refractivity contribution < 1.29 is 4.79 Å². The summed E-state index contributed by atoms with van der Waals surface area (Å²) in [7, 11) is 3.70. The lowest BCUT2D eigenvalue weighted by Gasteiger charge is -2.14. The van der Waals surface area contributed by atoms with Crippen LogP contribution in [0.2, 0.25) is 4.34 Å². The summed E-state index contributed by atoms with van der Waals surface area (Å²) in [6.07, 6.45) is 4.67. The van der Waals surface area contributed by atoms with E-state index in [4.69, 9.17) is 17.0 Å². The molecule has 0 saturated heterocycles. The monoisotopic (exact) mass is 386 g/mol. The second-order valence-corrected chi connectivity index (χ2v) is 7.80. The number of imidazole rings is 1. The van der Waals surface area contributed by atoms with Gasteiger partial charge >= 0.3 is 0 Å². The lowest BCUT2D eigenvalue weighted by molar-refractivity contribution is 0.0986. The molecule has 0 aliphatic carbocycles. The number of nitrogens with zero attached hydrogens (tertiary/aromatic N) is 3. The zero-order valence-electron chi connectivity index (χ0n) is 14.6. The van der Waals surface area contributed by atoms with E-state index < -0.39 is 0 Å². The molecule has 0 saturated carbocycles. The van der Waals surface area contributed by atoms with Gasteiger partial charge in [0.2, 0.25) is 0 Å². The molecule has 0 aliphatic heterocycles. The van der Waals surface area contributed by atoms with E-state index in [1.54, 1.807) is 23.4 Å². The van der Waals surface area contributed by atoms with Crippen molar-refractivity contribution in [3.05, 3.63) is 69.4 Å². The molecule has 0 spiro atoms. The first-order valence-corrected chi connectivity index (χ1v) is 9.31.